The van der Waals surface area contributed by atoms with Crippen molar-refractivity contribution in [3.63, 3.8) is 0 Å². The number of hydrogen-bond donors (Lipinski definition) is 2. The van der Waals surface area contributed by atoms with Gasteiger partial charge in [-0.05, 0) is 6.42 Å². The molecule has 0 bridgehead atoms. The molecule has 0 radical (unpaired) electrons. The van der Waals surface area contributed by atoms with Crippen LogP contribution in [0.4, 0.5) is 0 Å². The van der Waals surface area contributed by atoms with E-state index in [4.69, 9.17) is 5.73 Å². The number of rotatable bonds is 2. The Kier molecular flexibility index (Phi) is 2.56. The Hall–Kier alpha value is -0.870. The van der Waals surface area contributed by atoms with E-state index in [1.807, 2.05) is 6.20 Å². The molecule has 15 heavy (non-hydrogen) atoms. The monoisotopic (exact) mass is 209 g/mol. The van der Waals surface area contributed by atoms with Crippen LogP contribution in [0.1, 0.15) is 37.7 Å². The molecule has 0 saturated carbocycles. The Balaban J connectivity index is 2.30. The third-order valence-corrected chi connectivity index (χ3v) is 3.18. The zero-order valence-electron chi connectivity index (χ0n) is 9.40. The van der Waals surface area contributed by atoms with Crippen LogP contribution in [0.3, 0.4) is 0 Å². The van der Waals surface area contributed by atoms with Gasteiger partial charge in [0.15, 0.2) is 0 Å². The predicted octanol–water partition coefficient (Wildman–Crippen LogP) is 0.643. The summed E-state index contributed by atoms with van der Waals surface area (Å²) >= 11 is 0. The number of aromatic nitrogens is 2. The summed E-state index contributed by atoms with van der Waals surface area (Å²) in [5.41, 5.74) is 5.97. The summed E-state index contributed by atoms with van der Waals surface area (Å²) in [6.07, 6.45) is 3.23. The lowest BCUT2D eigenvalue weighted by Crippen LogP contribution is -2.44. The van der Waals surface area contributed by atoms with Gasteiger partial charge in [-0.3, -0.25) is 0 Å². The van der Waals surface area contributed by atoms with E-state index in [9.17, 15) is 5.11 Å². The van der Waals surface area contributed by atoms with E-state index in [-0.39, 0.29) is 0 Å². The fourth-order valence-electron chi connectivity index (χ4n) is 2.21. The average molecular weight is 209 g/mol. The summed E-state index contributed by atoms with van der Waals surface area (Å²) in [5.74, 6) is 1.55. The summed E-state index contributed by atoms with van der Waals surface area (Å²) in [5, 5.41) is 10.1. The van der Waals surface area contributed by atoms with Crippen LogP contribution in [0.15, 0.2) is 6.20 Å². The lowest BCUT2D eigenvalue weighted by atomic mass is 9.91. The van der Waals surface area contributed by atoms with Crippen LogP contribution in [-0.2, 0) is 13.0 Å². The Bertz CT molecular complexity index is 359. The molecule has 84 valence electrons. The van der Waals surface area contributed by atoms with E-state index in [0.29, 0.717) is 18.9 Å². The molecule has 1 atom stereocenters. The minimum Gasteiger partial charge on any atom is -0.388 e. The van der Waals surface area contributed by atoms with Crippen LogP contribution in [0.2, 0.25) is 0 Å². The van der Waals surface area contributed by atoms with Crippen LogP contribution >= 0.6 is 0 Å². The van der Waals surface area contributed by atoms with Crippen molar-refractivity contribution < 1.29 is 5.11 Å². The first-order chi connectivity index (χ1) is 7.06. The second-order valence-corrected chi connectivity index (χ2v) is 4.77. The first-order valence-electron chi connectivity index (χ1n) is 5.52. The van der Waals surface area contributed by atoms with E-state index in [1.54, 1.807) is 0 Å². The molecule has 0 saturated heterocycles. The van der Waals surface area contributed by atoms with E-state index >= 15 is 0 Å². The van der Waals surface area contributed by atoms with Gasteiger partial charge in [0.2, 0.25) is 0 Å². The molecule has 1 unspecified atom stereocenters. The lowest BCUT2D eigenvalue weighted by Gasteiger charge is -2.32. The maximum Gasteiger partial charge on any atom is 0.111 e. The predicted molar refractivity (Wildman–Crippen MR) is 58.6 cm³/mol. The quantitative estimate of drug-likeness (QED) is 0.751. The van der Waals surface area contributed by atoms with Crippen LogP contribution in [0, 0.1) is 0 Å². The van der Waals surface area contributed by atoms with Gasteiger partial charge < -0.3 is 15.4 Å². The summed E-state index contributed by atoms with van der Waals surface area (Å²) in [6, 6.07) is 0. The Labute approximate surface area is 90.1 Å². The molecular formula is C11H19N3O. The topological polar surface area (TPSA) is 64.1 Å². The van der Waals surface area contributed by atoms with Crippen molar-refractivity contribution >= 4 is 0 Å². The molecule has 1 aliphatic rings. The Morgan fingerprint density at radius 1 is 1.67 bits per heavy atom. The fourth-order valence-corrected chi connectivity index (χ4v) is 2.21. The van der Waals surface area contributed by atoms with Crippen LogP contribution in [0.25, 0.3) is 0 Å². The summed E-state index contributed by atoms with van der Waals surface area (Å²) in [6.45, 7) is 5.43. The first kappa shape index (κ1) is 10.6. The first-order valence-corrected chi connectivity index (χ1v) is 5.52. The molecule has 3 N–H and O–H groups in total. The van der Waals surface area contributed by atoms with Crippen molar-refractivity contribution in [3.8, 4) is 0 Å². The molecule has 0 aromatic carbocycles. The maximum atomic E-state index is 10.1. The molecule has 1 aromatic rings. The van der Waals surface area contributed by atoms with Gasteiger partial charge in [0.25, 0.3) is 0 Å². The van der Waals surface area contributed by atoms with Crippen molar-refractivity contribution in [1.29, 1.82) is 0 Å². The molecule has 0 amide bonds. The Morgan fingerprint density at radius 3 is 3.00 bits per heavy atom. The van der Waals surface area contributed by atoms with Crippen LogP contribution < -0.4 is 5.73 Å². The second kappa shape index (κ2) is 3.61. The SMILES string of the molecule is CC(C)c1ncc2n1CCC(O)(CN)C2. The zero-order chi connectivity index (χ0) is 11.1. The summed E-state index contributed by atoms with van der Waals surface area (Å²) in [7, 11) is 0. The highest BCUT2D eigenvalue weighted by Gasteiger charge is 2.32. The zero-order valence-corrected chi connectivity index (χ0v) is 9.40. The standard InChI is InChI=1S/C11H19N3O/c1-8(2)10-13-6-9-5-11(15,7-12)3-4-14(9)10/h6,8,15H,3-5,7,12H2,1-2H3. The summed E-state index contributed by atoms with van der Waals surface area (Å²) in [4.78, 5) is 4.41. The lowest BCUT2D eigenvalue weighted by molar-refractivity contribution is 0.0237. The molecule has 1 aromatic heterocycles. The van der Waals surface area contributed by atoms with Crippen LogP contribution in [0.5, 0.6) is 0 Å². The largest absolute Gasteiger partial charge is 0.388 e. The van der Waals surface area contributed by atoms with E-state index < -0.39 is 5.60 Å². The van der Waals surface area contributed by atoms with Gasteiger partial charge in [0.05, 0.1) is 5.60 Å². The number of nitrogens with two attached hydrogens (primary N) is 1. The number of hydrogen-bond acceptors (Lipinski definition) is 3. The van der Waals surface area contributed by atoms with Crippen molar-refractivity contribution in [2.45, 2.75) is 44.8 Å². The number of imidazole rings is 1. The van der Waals surface area contributed by atoms with E-state index in [2.05, 4.69) is 23.4 Å². The minimum atomic E-state index is -0.718. The van der Waals surface area contributed by atoms with Crippen molar-refractivity contribution in [2.24, 2.45) is 5.73 Å². The van der Waals surface area contributed by atoms with Crippen molar-refractivity contribution in [2.75, 3.05) is 6.54 Å². The van der Waals surface area contributed by atoms with Crippen LogP contribution in [-0.4, -0.2) is 26.8 Å². The molecule has 0 aliphatic carbocycles. The molecule has 2 rings (SSSR count). The number of aliphatic hydroxyl groups is 1. The highest BCUT2D eigenvalue weighted by atomic mass is 16.3. The number of fused-ring (bicyclic) bond motifs is 1. The number of nitrogens with zero attached hydrogens (tertiary/aromatic N) is 2. The molecule has 0 spiro atoms. The minimum absolute atomic E-state index is 0.329. The molecule has 2 heterocycles. The van der Waals surface area contributed by atoms with Gasteiger partial charge in [-0.2, -0.15) is 0 Å². The maximum absolute atomic E-state index is 10.1. The van der Waals surface area contributed by atoms with E-state index in [1.165, 1.54) is 0 Å². The fraction of sp³-hybridized carbons (Fsp3) is 0.727. The van der Waals surface area contributed by atoms with Gasteiger partial charge >= 0.3 is 0 Å². The van der Waals surface area contributed by atoms with Crippen molar-refractivity contribution in [1.82, 2.24) is 9.55 Å². The second-order valence-electron chi connectivity index (χ2n) is 4.77. The third kappa shape index (κ3) is 1.79. The van der Waals surface area contributed by atoms with Gasteiger partial charge in [-0.15, -0.1) is 0 Å². The van der Waals surface area contributed by atoms with Gasteiger partial charge in [-0.25, -0.2) is 4.98 Å². The third-order valence-electron chi connectivity index (χ3n) is 3.18. The van der Waals surface area contributed by atoms with Gasteiger partial charge in [0.1, 0.15) is 5.82 Å². The highest BCUT2D eigenvalue weighted by molar-refractivity contribution is 5.14. The Morgan fingerprint density at radius 2 is 2.40 bits per heavy atom. The average Bonchev–Trinajstić information content (AvgIpc) is 2.60. The summed E-state index contributed by atoms with van der Waals surface area (Å²) < 4.78 is 2.22. The molecular weight excluding hydrogens is 190 g/mol. The molecule has 4 heteroatoms. The highest BCUT2D eigenvalue weighted by Crippen LogP contribution is 2.27. The smallest absolute Gasteiger partial charge is 0.111 e. The van der Waals surface area contributed by atoms with Gasteiger partial charge in [-0.1, -0.05) is 13.8 Å². The molecule has 1 aliphatic heterocycles. The van der Waals surface area contributed by atoms with Crippen molar-refractivity contribution in [3.05, 3.63) is 17.7 Å². The van der Waals surface area contributed by atoms with Gasteiger partial charge in [0, 0.05) is 37.3 Å². The van der Waals surface area contributed by atoms with E-state index in [0.717, 1.165) is 24.5 Å². The normalized spacial score (nSPS) is 25.7. The molecule has 4 nitrogen and oxygen atoms in total. The molecule has 0 fully saturated rings.